The number of esters is 3. The van der Waals surface area contributed by atoms with Crippen molar-refractivity contribution in [2.24, 2.45) is 74.9 Å². The first-order valence-corrected chi connectivity index (χ1v) is 21.4. The van der Waals surface area contributed by atoms with E-state index in [0.717, 1.165) is 51.4 Å². The van der Waals surface area contributed by atoms with Crippen molar-refractivity contribution in [3.05, 3.63) is 0 Å². The highest BCUT2D eigenvalue weighted by Crippen LogP contribution is 2.67. The smallest absolute Gasteiger partial charge is 0.354 e. The maximum absolute atomic E-state index is 14.2. The van der Waals surface area contributed by atoms with Crippen molar-refractivity contribution in [2.75, 3.05) is 33.0 Å². The zero-order chi connectivity index (χ0) is 37.1. The third kappa shape index (κ3) is 6.07. The molecule has 13 rings (SSSR count). The summed E-state index contributed by atoms with van der Waals surface area (Å²) in [7, 11) is 0. The molecule has 0 amide bonds. The van der Waals surface area contributed by atoms with E-state index < -0.39 is 57.3 Å². The highest BCUT2D eigenvalue weighted by molar-refractivity contribution is 7.95. The number of hydrogen-bond donors (Lipinski definition) is 1. The second-order valence-electron chi connectivity index (χ2n) is 20.4. The van der Waals surface area contributed by atoms with Gasteiger partial charge in [0.2, 0.25) is 0 Å². The molecule has 13 fully saturated rings. The molecular weight excluding hydrogens is 726 g/mol. The Hall–Kier alpha value is -1.58. The van der Waals surface area contributed by atoms with Crippen molar-refractivity contribution in [1.82, 2.24) is 0 Å². The van der Waals surface area contributed by atoms with Crippen LogP contribution in [0.4, 0.5) is 8.78 Å². The Morgan fingerprint density at radius 1 is 0.593 bits per heavy atom. The molecule has 12 bridgehead atoms. The minimum absolute atomic E-state index is 0.0449. The van der Waals surface area contributed by atoms with Crippen LogP contribution in [0.5, 0.6) is 0 Å². The van der Waals surface area contributed by atoms with Crippen molar-refractivity contribution in [2.45, 2.75) is 120 Å². The topological polar surface area (TPSA) is 136 Å². The van der Waals surface area contributed by atoms with E-state index in [1.165, 1.54) is 38.5 Å². The lowest BCUT2D eigenvalue weighted by Crippen LogP contribution is -2.68. The molecule has 0 aromatic heterocycles. The summed E-state index contributed by atoms with van der Waals surface area (Å²) in [6, 6.07) is 0. The average Bonchev–Trinajstić information content (AvgIpc) is 3.12. The summed E-state index contributed by atoms with van der Waals surface area (Å²) in [5, 5.41) is 7.93. The lowest BCUT2D eigenvalue weighted by Gasteiger charge is -2.65. The number of carbonyl (C=O) groups is 3. The molecule has 13 aliphatic rings. The molecule has 1 aliphatic heterocycles. The quantitative estimate of drug-likeness (QED) is 0.0702. The number of ether oxygens (including phenoxy) is 5. The van der Waals surface area contributed by atoms with Gasteiger partial charge in [0.25, 0.3) is 0 Å². The number of hydrogen-bond acceptors (Lipinski definition) is 12. The summed E-state index contributed by atoms with van der Waals surface area (Å²) >= 11 is -0.431. The SMILES string of the molecule is O=C(OCC1(COC(=O)C23CC4CC(CC(C4)C2)C3)COC2(OC1)C1CC3CC2CC(C(=O)OCC(F)(F)SOOO)(C3)C1)C12CC3CC(CC(C3)C1)C2. The predicted molar refractivity (Wildman–Crippen MR) is 184 cm³/mol. The Morgan fingerprint density at radius 3 is 1.37 bits per heavy atom. The third-order valence-corrected chi connectivity index (χ3v) is 17.0. The van der Waals surface area contributed by atoms with Crippen LogP contribution in [0, 0.1) is 74.9 Å². The molecule has 2 unspecified atom stereocenters. The lowest BCUT2D eigenvalue weighted by molar-refractivity contribution is -0.433. The second kappa shape index (κ2) is 13.0. The highest BCUT2D eigenvalue weighted by Gasteiger charge is 2.69. The average molecular weight is 781 g/mol. The number of alkyl halides is 2. The van der Waals surface area contributed by atoms with Crippen LogP contribution in [-0.2, 0) is 47.4 Å². The molecule has 0 aromatic carbocycles. The molecule has 54 heavy (non-hydrogen) atoms. The van der Waals surface area contributed by atoms with E-state index in [4.69, 9.17) is 28.9 Å². The van der Waals surface area contributed by atoms with Crippen molar-refractivity contribution >= 4 is 30.0 Å². The number of rotatable bonds is 12. The van der Waals surface area contributed by atoms with E-state index in [9.17, 15) is 23.2 Å². The molecular formula is C40H54F2O11S. The van der Waals surface area contributed by atoms with Gasteiger partial charge in [0.05, 0.1) is 34.9 Å². The van der Waals surface area contributed by atoms with Crippen molar-refractivity contribution in [1.29, 1.82) is 0 Å². The van der Waals surface area contributed by atoms with Gasteiger partial charge in [-0.05, 0) is 151 Å². The fourth-order valence-corrected chi connectivity index (χ4v) is 15.6. The Labute approximate surface area is 319 Å². The first-order chi connectivity index (χ1) is 25.8. The maximum Gasteiger partial charge on any atom is 0.354 e. The van der Waals surface area contributed by atoms with Crippen LogP contribution in [0.3, 0.4) is 0 Å². The second-order valence-corrected chi connectivity index (χ2v) is 21.3. The summed E-state index contributed by atoms with van der Waals surface area (Å²) in [6.07, 6.45) is 15.7. The van der Waals surface area contributed by atoms with Gasteiger partial charge in [-0.25, -0.2) is 5.26 Å². The van der Waals surface area contributed by atoms with Crippen molar-refractivity contribution in [3.8, 4) is 0 Å². The van der Waals surface area contributed by atoms with Crippen LogP contribution in [-0.4, -0.2) is 67.2 Å². The van der Waals surface area contributed by atoms with E-state index >= 15 is 0 Å². The van der Waals surface area contributed by atoms with Crippen LogP contribution < -0.4 is 0 Å². The summed E-state index contributed by atoms with van der Waals surface area (Å²) in [5.74, 6) is 1.63. The summed E-state index contributed by atoms with van der Waals surface area (Å²) in [5.41, 5.74) is -2.64. The monoisotopic (exact) mass is 780 g/mol. The van der Waals surface area contributed by atoms with E-state index in [0.29, 0.717) is 54.8 Å². The Kier molecular flexibility index (Phi) is 8.82. The largest absolute Gasteiger partial charge is 0.464 e. The van der Waals surface area contributed by atoms with Gasteiger partial charge in [0.15, 0.2) is 12.4 Å². The molecule has 0 aromatic rings. The first kappa shape index (κ1) is 36.7. The highest BCUT2D eigenvalue weighted by atomic mass is 32.2. The molecule has 1 spiro atoms. The van der Waals surface area contributed by atoms with Crippen LogP contribution in [0.15, 0.2) is 0 Å². The van der Waals surface area contributed by atoms with Gasteiger partial charge in [-0.1, -0.05) is 5.04 Å². The number of carbonyl (C=O) groups excluding carboxylic acids is 3. The van der Waals surface area contributed by atoms with E-state index in [1.54, 1.807) is 0 Å². The van der Waals surface area contributed by atoms with Crippen molar-refractivity contribution < 1.29 is 61.5 Å². The standard InChI is InChI=1S/C40H54F2O11S/c41-39(42,54-53-52-46)22-49-34(45)38-15-29-7-30(16-38)40(31(8-29)17-38)50-20-35(21-51-40,18-47-32(43)36-9-23-1-24(10-36)3-25(2-23)11-36)19-48-33(44)37-12-26-4-27(13-37)6-28(5-26)14-37/h23-31,46H,1-22H2. The van der Waals surface area contributed by atoms with E-state index in [-0.39, 0.29) is 56.1 Å². The van der Waals surface area contributed by atoms with Gasteiger partial charge in [0.1, 0.15) is 25.3 Å². The summed E-state index contributed by atoms with van der Waals surface area (Å²) in [6.45, 7) is -0.763. The minimum atomic E-state index is -3.61. The van der Waals surface area contributed by atoms with Crippen LogP contribution >= 0.6 is 12.0 Å². The summed E-state index contributed by atoms with van der Waals surface area (Å²) in [4.78, 5) is 41.6. The molecule has 1 heterocycles. The molecule has 14 heteroatoms. The van der Waals surface area contributed by atoms with Crippen LogP contribution in [0.25, 0.3) is 0 Å². The number of halogens is 2. The van der Waals surface area contributed by atoms with Crippen LogP contribution in [0.1, 0.15) is 109 Å². The molecule has 2 atom stereocenters. The van der Waals surface area contributed by atoms with Crippen molar-refractivity contribution in [3.63, 3.8) is 0 Å². The van der Waals surface area contributed by atoms with Gasteiger partial charge >= 0.3 is 23.2 Å². The van der Waals surface area contributed by atoms with E-state index in [2.05, 4.69) is 9.37 Å². The Morgan fingerprint density at radius 2 is 0.963 bits per heavy atom. The summed E-state index contributed by atoms with van der Waals surface area (Å²) < 4.78 is 63.8. The first-order valence-electron chi connectivity index (χ1n) is 20.7. The third-order valence-electron chi connectivity index (χ3n) is 16.5. The minimum Gasteiger partial charge on any atom is -0.464 e. The van der Waals surface area contributed by atoms with Gasteiger partial charge in [-0.2, -0.15) is 8.78 Å². The Balaban J connectivity index is 0.844. The van der Waals surface area contributed by atoms with Gasteiger partial charge in [-0.15, -0.1) is 4.33 Å². The fraction of sp³-hybridized carbons (Fsp3) is 0.925. The maximum atomic E-state index is 14.2. The molecule has 11 nitrogen and oxygen atoms in total. The van der Waals surface area contributed by atoms with Gasteiger partial charge in [0, 0.05) is 11.8 Å². The molecule has 1 N–H and O–H groups in total. The lowest BCUT2D eigenvalue weighted by atomic mass is 9.47. The zero-order valence-electron chi connectivity index (χ0n) is 30.9. The molecule has 12 aliphatic carbocycles. The van der Waals surface area contributed by atoms with Gasteiger partial charge < -0.3 is 23.7 Å². The molecule has 12 saturated carbocycles. The fourth-order valence-electron chi connectivity index (χ4n) is 15.3. The molecule has 300 valence electrons. The Bertz CT molecular complexity index is 1380. The zero-order valence-corrected chi connectivity index (χ0v) is 31.8. The van der Waals surface area contributed by atoms with Gasteiger partial charge in [-0.3, -0.25) is 14.4 Å². The molecule has 1 saturated heterocycles. The normalized spacial score (nSPS) is 49.1. The molecule has 0 radical (unpaired) electrons. The van der Waals surface area contributed by atoms with E-state index in [1.807, 2.05) is 0 Å². The van der Waals surface area contributed by atoms with Crippen LogP contribution in [0.2, 0.25) is 0 Å². The predicted octanol–water partition coefficient (Wildman–Crippen LogP) is 7.27.